The largest absolute Gasteiger partial charge is 0.330 e. The molecular weight excluding hydrogens is 186 g/mol. The first kappa shape index (κ1) is 12.9. The van der Waals surface area contributed by atoms with E-state index in [0.717, 1.165) is 6.54 Å². The van der Waals surface area contributed by atoms with Crippen molar-refractivity contribution in [2.45, 2.75) is 27.2 Å². The van der Waals surface area contributed by atoms with E-state index in [1.54, 1.807) is 0 Å². The molecule has 1 heterocycles. The van der Waals surface area contributed by atoms with Crippen LogP contribution in [0.1, 0.15) is 27.2 Å². The maximum atomic E-state index is 5.74. The van der Waals surface area contributed by atoms with Gasteiger partial charge in [-0.1, -0.05) is 20.8 Å². The van der Waals surface area contributed by atoms with Crippen LogP contribution in [0.4, 0.5) is 0 Å². The molecule has 0 bridgehead atoms. The first-order valence-corrected chi connectivity index (χ1v) is 6.22. The van der Waals surface area contributed by atoms with Gasteiger partial charge in [-0.15, -0.1) is 0 Å². The van der Waals surface area contributed by atoms with Gasteiger partial charge in [0.25, 0.3) is 0 Å². The molecule has 2 N–H and O–H groups in total. The molecule has 0 spiro atoms. The Hall–Kier alpha value is -0.120. The van der Waals surface area contributed by atoms with E-state index in [1.165, 1.54) is 45.7 Å². The van der Waals surface area contributed by atoms with E-state index in [0.29, 0.717) is 5.41 Å². The van der Waals surface area contributed by atoms with Crippen LogP contribution in [0.2, 0.25) is 0 Å². The van der Waals surface area contributed by atoms with Crippen molar-refractivity contribution in [2.75, 3.05) is 45.8 Å². The Balaban J connectivity index is 2.19. The number of likely N-dealkylation sites (N-methyl/N-ethyl adjacent to an activating group) is 1. The minimum Gasteiger partial charge on any atom is -0.330 e. The van der Waals surface area contributed by atoms with Crippen LogP contribution in [0.3, 0.4) is 0 Å². The van der Waals surface area contributed by atoms with Gasteiger partial charge in [-0.05, 0) is 31.5 Å². The Bertz CT molecular complexity index is 172. The SMILES string of the molecule is CCN1CCN(CCC(C)(C)CN)CC1. The quantitative estimate of drug-likeness (QED) is 0.739. The number of rotatable bonds is 5. The standard InChI is InChI=1S/C12H27N3/c1-4-14-7-9-15(10-8-14)6-5-12(2,3)11-13/h4-11,13H2,1-3H3. The Labute approximate surface area is 94.6 Å². The molecule has 3 heteroatoms. The Kier molecular flexibility index (Phi) is 5.03. The summed E-state index contributed by atoms with van der Waals surface area (Å²) in [6, 6.07) is 0. The Morgan fingerprint density at radius 2 is 1.60 bits per heavy atom. The lowest BCUT2D eigenvalue weighted by atomic mass is 9.89. The van der Waals surface area contributed by atoms with Crippen molar-refractivity contribution in [3.63, 3.8) is 0 Å². The van der Waals surface area contributed by atoms with Crippen molar-refractivity contribution in [1.29, 1.82) is 0 Å². The van der Waals surface area contributed by atoms with E-state index in [9.17, 15) is 0 Å². The van der Waals surface area contributed by atoms with Crippen LogP contribution < -0.4 is 5.73 Å². The molecule has 0 aromatic heterocycles. The van der Waals surface area contributed by atoms with Gasteiger partial charge >= 0.3 is 0 Å². The second-order valence-corrected chi connectivity index (χ2v) is 5.39. The fourth-order valence-electron chi connectivity index (χ4n) is 1.89. The third kappa shape index (κ3) is 4.49. The highest BCUT2D eigenvalue weighted by Crippen LogP contribution is 2.18. The molecule has 1 saturated heterocycles. The fourth-order valence-corrected chi connectivity index (χ4v) is 1.89. The van der Waals surface area contributed by atoms with Gasteiger partial charge in [0.1, 0.15) is 0 Å². The molecule has 0 atom stereocenters. The molecule has 0 unspecified atom stereocenters. The highest BCUT2D eigenvalue weighted by Gasteiger charge is 2.19. The highest BCUT2D eigenvalue weighted by molar-refractivity contribution is 4.75. The number of hydrogen-bond donors (Lipinski definition) is 1. The van der Waals surface area contributed by atoms with Crippen LogP contribution in [0.15, 0.2) is 0 Å². The summed E-state index contributed by atoms with van der Waals surface area (Å²) >= 11 is 0. The lowest BCUT2D eigenvalue weighted by molar-refractivity contribution is 0.124. The lowest BCUT2D eigenvalue weighted by Gasteiger charge is -2.35. The van der Waals surface area contributed by atoms with Crippen LogP contribution in [-0.2, 0) is 0 Å². The normalized spacial score (nSPS) is 20.8. The van der Waals surface area contributed by atoms with E-state index < -0.39 is 0 Å². The smallest absolute Gasteiger partial charge is 0.0110 e. The van der Waals surface area contributed by atoms with Gasteiger partial charge in [-0.25, -0.2) is 0 Å². The first-order chi connectivity index (χ1) is 7.07. The molecule has 0 amide bonds. The van der Waals surface area contributed by atoms with Gasteiger partial charge in [0.05, 0.1) is 0 Å². The highest BCUT2D eigenvalue weighted by atomic mass is 15.3. The monoisotopic (exact) mass is 213 g/mol. The summed E-state index contributed by atoms with van der Waals surface area (Å²) in [6.45, 7) is 14.9. The minimum absolute atomic E-state index is 0.307. The zero-order chi connectivity index (χ0) is 11.3. The molecule has 3 nitrogen and oxygen atoms in total. The van der Waals surface area contributed by atoms with Crippen LogP contribution in [0, 0.1) is 5.41 Å². The summed E-state index contributed by atoms with van der Waals surface area (Å²) < 4.78 is 0. The second kappa shape index (κ2) is 5.83. The van der Waals surface area contributed by atoms with Crippen molar-refractivity contribution >= 4 is 0 Å². The van der Waals surface area contributed by atoms with E-state index in [2.05, 4.69) is 30.6 Å². The molecule has 1 aliphatic heterocycles. The van der Waals surface area contributed by atoms with Gasteiger partial charge in [0.2, 0.25) is 0 Å². The molecule has 15 heavy (non-hydrogen) atoms. The topological polar surface area (TPSA) is 32.5 Å². The van der Waals surface area contributed by atoms with Crippen molar-refractivity contribution in [3.05, 3.63) is 0 Å². The van der Waals surface area contributed by atoms with Crippen molar-refractivity contribution in [1.82, 2.24) is 9.80 Å². The van der Waals surface area contributed by atoms with Gasteiger partial charge < -0.3 is 15.5 Å². The van der Waals surface area contributed by atoms with Crippen molar-refractivity contribution in [2.24, 2.45) is 11.1 Å². The van der Waals surface area contributed by atoms with E-state index in [4.69, 9.17) is 5.73 Å². The van der Waals surface area contributed by atoms with Gasteiger partial charge in [0.15, 0.2) is 0 Å². The number of hydrogen-bond acceptors (Lipinski definition) is 3. The van der Waals surface area contributed by atoms with E-state index in [1.807, 2.05) is 0 Å². The average molecular weight is 213 g/mol. The molecular formula is C12H27N3. The van der Waals surface area contributed by atoms with Gasteiger partial charge in [-0.3, -0.25) is 0 Å². The fraction of sp³-hybridized carbons (Fsp3) is 1.00. The summed E-state index contributed by atoms with van der Waals surface area (Å²) in [6.07, 6.45) is 1.22. The zero-order valence-corrected chi connectivity index (χ0v) is 10.6. The molecule has 0 aromatic rings. The summed E-state index contributed by atoms with van der Waals surface area (Å²) in [5, 5.41) is 0. The number of nitrogens with two attached hydrogens (primary N) is 1. The summed E-state index contributed by atoms with van der Waals surface area (Å²) in [4.78, 5) is 5.09. The third-order valence-electron chi connectivity index (χ3n) is 3.57. The predicted molar refractivity (Wildman–Crippen MR) is 66.0 cm³/mol. The zero-order valence-electron chi connectivity index (χ0n) is 10.6. The number of piperazine rings is 1. The molecule has 0 radical (unpaired) electrons. The maximum absolute atomic E-state index is 5.74. The Morgan fingerprint density at radius 1 is 1.07 bits per heavy atom. The molecule has 90 valence electrons. The van der Waals surface area contributed by atoms with Crippen LogP contribution in [0.5, 0.6) is 0 Å². The van der Waals surface area contributed by atoms with E-state index >= 15 is 0 Å². The molecule has 0 aromatic carbocycles. The van der Waals surface area contributed by atoms with Crippen molar-refractivity contribution in [3.8, 4) is 0 Å². The van der Waals surface area contributed by atoms with Crippen LogP contribution >= 0.6 is 0 Å². The minimum atomic E-state index is 0.307. The van der Waals surface area contributed by atoms with Gasteiger partial charge in [-0.2, -0.15) is 0 Å². The summed E-state index contributed by atoms with van der Waals surface area (Å²) in [5.41, 5.74) is 6.05. The molecule has 1 aliphatic rings. The molecule has 1 fully saturated rings. The van der Waals surface area contributed by atoms with Crippen LogP contribution in [0.25, 0.3) is 0 Å². The van der Waals surface area contributed by atoms with Crippen molar-refractivity contribution < 1.29 is 0 Å². The average Bonchev–Trinajstić information content (AvgIpc) is 2.27. The van der Waals surface area contributed by atoms with E-state index in [-0.39, 0.29) is 0 Å². The summed E-state index contributed by atoms with van der Waals surface area (Å²) in [7, 11) is 0. The van der Waals surface area contributed by atoms with Crippen LogP contribution in [-0.4, -0.2) is 55.6 Å². The Morgan fingerprint density at radius 3 is 2.07 bits per heavy atom. The first-order valence-electron chi connectivity index (χ1n) is 6.22. The summed E-state index contributed by atoms with van der Waals surface area (Å²) in [5.74, 6) is 0. The second-order valence-electron chi connectivity index (χ2n) is 5.39. The molecule has 0 aliphatic carbocycles. The number of nitrogens with zero attached hydrogens (tertiary/aromatic N) is 2. The predicted octanol–water partition coefficient (Wildman–Crippen LogP) is 0.999. The lowest BCUT2D eigenvalue weighted by Crippen LogP contribution is -2.47. The molecule has 0 saturated carbocycles. The molecule has 1 rings (SSSR count). The maximum Gasteiger partial charge on any atom is 0.0110 e. The third-order valence-corrected chi connectivity index (χ3v) is 3.57. The van der Waals surface area contributed by atoms with Gasteiger partial charge in [0, 0.05) is 26.2 Å².